The van der Waals surface area contributed by atoms with Crippen LogP contribution in [0, 0.1) is 6.92 Å². The third-order valence-electron chi connectivity index (χ3n) is 4.67. The van der Waals surface area contributed by atoms with Crippen molar-refractivity contribution in [3.63, 3.8) is 0 Å². The summed E-state index contributed by atoms with van der Waals surface area (Å²) in [6, 6.07) is 14.9. The number of nitrogens with zero attached hydrogens (tertiary/aromatic N) is 3. The molecule has 29 heavy (non-hydrogen) atoms. The topological polar surface area (TPSA) is 79.4 Å². The number of furan rings is 1. The molecule has 0 amide bonds. The molecule has 0 aliphatic carbocycles. The number of esters is 1. The molecule has 4 aromatic rings. The second kappa shape index (κ2) is 8.18. The normalized spacial score (nSPS) is 11.0. The number of aryl methyl sites for hydroxylation is 2. The summed E-state index contributed by atoms with van der Waals surface area (Å²) < 4.78 is 18.0. The Morgan fingerprint density at radius 2 is 2.00 bits per heavy atom. The monoisotopic (exact) mass is 391 g/mol. The summed E-state index contributed by atoms with van der Waals surface area (Å²) in [5.74, 6) is 0.980. The molecule has 0 N–H and O–H groups in total. The van der Waals surface area contributed by atoms with E-state index in [1.54, 1.807) is 24.5 Å². The molecule has 0 fully saturated rings. The van der Waals surface area contributed by atoms with E-state index in [9.17, 15) is 4.79 Å². The van der Waals surface area contributed by atoms with Gasteiger partial charge in [0.15, 0.2) is 11.4 Å². The van der Waals surface area contributed by atoms with E-state index in [1.807, 2.05) is 41.9 Å². The van der Waals surface area contributed by atoms with Gasteiger partial charge in [0, 0.05) is 18.7 Å². The van der Waals surface area contributed by atoms with E-state index in [4.69, 9.17) is 13.9 Å². The highest BCUT2D eigenvalue weighted by Crippen LogP contribution is 2.27. The van der Waals surface area contributed by atoms with Gasteiger partial charge in [0.05, 0.1) is 30.9 Å². The minimum atomic E-state index is -0.430. The maximum Gasteiger partial charge on any atom is 0.338 e. The lowest BCUT2D eigenvalue weighted by atomic mass is 10.1. The molecule has 3 aromatic heterocycles. The van der Waals surface area contributed by atoms with Crippen LogP contribution in [0.25, 0.3) is 22.5 Å². The molecule has 0 aliphatic heterocycles. The molecule has 7 nitrogen and oxygen atoms in total. The van der Waals surface area contributed by atoms with Crippen LogP contribution in [0.1, 0.15) is 22.5 Å². The van der Waals surface area contributed by atoms with Gasteiger partial charge in [0.1, 0.15) is 11.4 Å². The zero-order valence-electron chi connectivity index (χ0n) is 16.3. The van der Waals surface area contributed by atoms with Crippen LogP contribution < -0.4 is 4.74 Å². The minimum Gasteiger partial charge on any atom is -0.494 e. The Labute approximate surface area is 167 Å². The summed E-state index contributed by atoms with van der Waals surface area (Å²) >= 11 is 0. The molecule has 148 valence electrons. The standard InChI is InChI=1S/C22H21N3O4/c1-15-20-17(22(26)27-2)14-18(19-10-6-12-29-19)23-21(20)24-25(15)11-7-13-28-16-8-4-3-5-9-16/h3-6,8-10,12,14H,7,11,13H2,1-2H3. The summed E-state index contributed by atoms with van der Waals surface area (Å²) in [6.45, 7) is 3.13. The van der Waals surface area contributed by atoms with Crippen LogP contribution in [-0.4, -0.2) is 34.5 Å². The fourth-order valence-corrected chi connectivity index (χ4v) is 3.24. The predicted octanol–water partition coefficient (Wildman–Crippen LogP) is 4.26. The van der Waals surface area contributed by atoms with Gasteiger partial charge in [-0.25, -0.2) is 9.78 Å². The zero-order valence-corrected chi connectivity index (χ0v) is 16.3. The molecule has 0 saturated carbocycles. The average molecular weight is 391 g/mol. The Morgan fingerprint density at radius 3 is 2.72 bits per heavy atom. The molecular weight excluding hydrogens is 370 g/mol. The van der Waals surface area contributed by atoms with Crippen molar-refractivity contribution in [2.24, 2.45) is 0 Å². The molecule has 0 spiro atoms. The average Bonchev–Trinajstić information content (AvgIpc) is 3.39. The lowest BCUT2D eigenvalue weighted by Crippen LogP contribution is -2.07. The van der Waals surface area contributed by atoms with Crippen LogP contribution in [0.15, 0.2) is 59.2 Å². The number of carbonyl (C=O) groups is 1. The fraction of sp³-hybridized carbons (Fsp3) is 0.227. The van der Waals surface area contributed by atoms with Crippen LogP contribution >= 0.6 is 0 Å². The number of fused-ring (bicyclic) bond motifs is 1. The van der Waals surface area contributed by atoms with Crippen LogP contribution in [0.4, 0.5) is 0 Å². The van der Waals surface area contributed by atoms with Gasteiger partial charge in [-0.1, -0.05) is 18.2 Å². The van der Waals surface area contributed by atoms with Gasteiger partial charge in [-0.3, -0.25) is 4.68 Å². The van der Waals surface area contributed by atoms with E-state index >= 15 is 0 Å². The highest BCUT2D eigenvalue weighted by Gasteiger charge is 2.21. The van der Waals surface area contributed by atoms with Gasteiger partial charge < -0.3 is 13.9 Å². The second-order valence-electron chi connectivity index (χ2n) is 6.55. The van der Waals surface area contributed by atoms with E-state index in [-0.39, 0.29) is 0 Å². The van der Waals surface area contributed by atoms with Crippen molar-refractivity contribution in [1.29, 1.82) is 0 Å². The summed E-state index contributed by atoms with van der Waals surface area (Å²) in [4.78, 5) is 17.0. The maximum atomic E-state index is 12.4. The van der Waals surface area contributed by atoms with Crippen molar-refractivity contribution < 1.29 is 18.7 Å². The lowest BCUT2D eigenvalue weighted by Gasteiger charge is -2.07. The molecule has 1 aromatic carbocycles. The van der Waals surface area contributed by atoms with Crippen molar-refractivity contribution in [3.8, 4) is 17.2 Å². The summed E-state index contributed by atoms with van der Waals surface area (Å²) in [7, 11) is 1.36. The van der Waals surface area contributed by atoms with Crippen LogP contribution in [0.5, 0.6) is 5.75 Å². The first-order valence-corrected chi connectivity index (χ1v) is 9.35. The molecule has 3 heterocycles. The maximum absolute atomic E-state index is 12.4. The number of hydrogen-bond acceptors (Lipinski definition) is 6. The number of benzene rings is 1. The van der Waals surface area contributed by atoms with Gasteiger partial charge in [-0.05, 0) is 37.3 Å². The molecule has 0 aliphatic rings. The van der Waals surface area contributed by atoms with Gasteiger partial charge >= 0.3 is 5.97 Å². The van der Waals surface area contributed by atoms with E-state index in [2.05, 4.69) is 10.1 Å². The largest absolute Gasteiger partial charge is 0.494 e. The SMILES string of the molecule is COC(=O)c1cc(-c2ccco2)nc2nn(CCCOc3ccccc3)c(C)c12. The molecule has 0 bridgehead atoms. The molecule has 0 atom stereocenters. The molecule has 0 radical (unpaired) electrons. The van der Waals surface area contributed by atoms with Gasteiger partial charge in [0.2, 0.25) is 0 Å². The number of aromatic nitrogens is 3. The number of pyridine rings is 1. The van der Waals surface area contributed by atoms with Crippen molar-refractivity contribution in [2.45, 2.75) is 19.9 Å². The van der Waals surface area contributed by atoms with E-state index in [0.29, 0.717) is 41.2 Å². The number of ether oxygens (including phenoxy) is 2. The summed E-state index contributed by atoms with van der Waals surface area (Å²) in [5.41, 5.74) is 2.31. The van der Waals surface area contributed by atoms with Gasteiger partial charge in [0.25, 0.3) is 0 Å². The molecular formula is C22H21N3O4. The zero-order chi connectivity index (χ0) is 20.2. The third-order valence-corrected chi connectivity index (χ3v) is 4.67. The Morgan fingerprint density at radius 1 is 1.17 bits per heavy atom. The smallest absolute Gasteiger partial charge is 0.338 e. The first kappa shape index (κ1) is 18.7. The van der Waals surface area contributed by atoms with Gasteiger partial charge in [-0.15, -0.1) is 0 Å². The quantitative estimate of drug-likeness (QED) is 0.346. The highest BCUT2D eigenvalue weighted by molar-refractivity contribution is 6.04. The lowest BCUT2D eigenvalue weighted by molar-refractivity contribution is 0.0603. The molecule has 7 heteroatoms. The Bertz CT molecular complexity index is 1120. The van der Waals surface area contributed by atoms with Crippen molar-refractivity contribution in [2.75, 3.05) is 13.7 Å². The number of hydrogen-bond donors (Lipinski definition) is 0. The van der Waals surface area contributed by atoms with E-state index in [0.717, 1.165) is 17.9 Å². The van der Waals surface area contributed by atoms with Crippen molar-refractivity contribution in [3.05, 3.63) is 66.1 Å². The number of carbonyl (C=O) groups excluding carboxylic acids is 1. The third kappa shape index (κ3) is 3.85. The fourth-order valence-electron chi connectivity index (χ4n) is 3.24. The Balaban J connectivity index is 1.60. The first-order valence-electron chi connectivity index (χ1n) is 9.35. The molecule has 4 rings (SSSR count). The van der Waals surface area contributed by atoms with E-state index in [1.165, 1.54) is 7.11 Å². The highest BCUT2D eigenvalue weighted by atomic mass is 16.5. The van der Waals surface area contributed by atoms with Crippen LogP contribution in [0.2, 0.25) is 0 Å². The first-order chi connectivity index (χ1) is 14.2. The van der Waals surface area contributed by atoms with Crippen LogP contribution in [-0.2, 0) is 11.3 Å². The number of rotatable bonds is 7. The minimum absolute atomic E-state index is 0.424. The summed E-state index contributed by atoms with van der Waals surface area (Å²) in [6.07, 6.45) is 2.33. The second-order valence-corrected chi connectivity index (χ2v) is 6.55. The predicted molar refractivity (Wildman–Crippen MR) is 108 cm³/mol. The van der Waals surface area contributed by atoms with E-state index < -0.39 is 5.97 Å². The summed E-state index contributed by atoms with van der Waals surface area (Å²) in [5, 5.41) is 5.30. The number of methoxy groups -OCH3 is 1. The van der Waals surface area contributed by atoms with Crippen molar-refractivity contribution in [1.82, 2.24) is 14.8 Å². The Hall–Kier alpha value is -3.61. The molecule has 0 unspecified atom stereocenters. The number of para-hydroxylation sites is 1. The van der Waals surface area contributed by atoms with Gasteiger partial charge in [-0.2, -0.15) is 5.10 Å². The molecule has 0 saturated heterocycles. The van der Waals surface area contributed by atoms with Crippen molar-refractivity contribution >= 4 is 17.0 Å². The van der Waals surface area contributed by atoms with Crippen LogP contribution in [0.3, 0.4) is 0 Å². The Kier molecular flexibility index (Phi) is 5.29.